The van der Waals surface area contributed by atoms with Crippen LogP contribution in [0.25, 0.3) is 0 Å². The maximum absolute atomic E-state index is 6.07. The van der Waals surface area contributed by atoms with E-state index < -0.39 is 0 Å². The minimum Gasteiger partial charge on any atom is -0.497 e. The Labute approximate surface area is 148 Å². The van der Waals surface area contributed by atoms with Crippen molar-refractivity contribution in [3.05, 3.63) is 47.4 Å². The van der Waals surface area contributed by atoms with Crippen LogP contribution < -0.4 is 10.1 Å². The van der Waals surface area contributed by atoms with Gasteiger partial charge in [0.1, 0.15) is 22.9 Å². The van der Waals surface area contributed by atoms with Crippen molar-refractivity contribution >= 4 is 17.4 Å². The molecule has 0 atom stereocenters. The van der Waals surface area contributed by atoms with Crippen molar-refractivity contribution < 1.29 is 4.74 Å². The molecule has 1 aromatic carbocycles. The lowest BCUT2D eigenvalue weighted by molar-refractivity contribution is 0.182. The van der Waals surface area contributed by atoms with Crippen LogP contribution in [0.4, 0.5) is 5.82 Å². The van der Waals surface area contributed by atoms with Crippen LogP contribution in [-0.4, -0.2) is 41.6 Å². The largest absolute Gasteiger partial charge is 0.497 e. The van der Waals surface area contributed by atoms with Crippen LogP contribution in [-0.2, 0) is 6.54 Å². The monoisotopic (exact) mass is 346 g/mol. The molecule has 5 nitrogen and oxygen atoms in total. The fourth-order valence-corrected chi connectivity index (χ4v) is 3.19. The van der Waals surface area contributed by atoms with E-state index in [1.165, 1.54) is 24.7 Å². The van der Waals surface area contributed by atoms with Crippen LogP contribution in [0.2, 0.25) is 5.02 Å². The van der Waals surface area contributed by atoms with E-state index in [9.17, 15) is 0 Å². The van der Waals surface area contributed by atoms with E-state index in [2.05, 4.69) is 32.3 Å². The highest BCUT2D eigenvalue weighted by molar-refractivity contribution is 6.32. The van der Waals surface area contributed by atoms with E-state index in [0.717, 1.165) is 37.7 Å². The standard InChI is InChI=1S/C18H23ClN4O/c1-24-16-4-2-15(3-5-16)12-23-8-6-14(7-9-23)10-21-18-17(19)11-20-13-22-18/h2-5,11,13-14H,6-10,12H2,1H3,(H,20,21,22). The molecule has 24 heavy (non-hydrogen) atoms. The molecule has 1 N–H and O–H groups in total. The third-order valence-corrected chi connectivity index (χ3v) is 4.77. The smallest absolute Gasteiger partial charge is 0.148 e. The first kappa shape index (κ1) is 17.0. The number of halogens is 1. The second kappa shape index (κ2) is 8.31. The highest BCUT2D eigenvalue weighted by Gasteiger charge is 2.19. The molecule has 0 amide bonds. The topological polar surface area (TPSA) is 50.3 Å². The average molecular weight is 347 g/mol. The Morgan fingerprint density at radius 1 is 1.25 bits per heavy atom. The Bertz CT molecular complexity index is 642. The van der Waals surface area contributed by atoms with Gasteiger partial charge in [0.25, 0.3) is 0 Å². The summed E-state index contributed by atoms with van der Waals surface area (Å²) in [5.41, 5.74) is 1.33. The minimum atomic E-state index is 0.578. The number of aromatic nitrogens is 2. The molecule has 1 aromatic heterocycles. The number of likely N-dealkylation sites (tertiary alicyclic amines) is 1. The first-order valence-corrected chi connectivity index (χ1v) is 8.67. The number of rotatable bonds is 6. The SMILES string of the molecule is COc1ccc(CN2CCC(CNc3ncncc3Cl)CC2)cc1. The number of anilines is 1. The molecular weight excluding hydrogens is 324 g/mol. The van der Waals surface area contributed by atoms with Crippen molar-refractivity contribution in [1.82, 2.24) is 14.9 Å². The zero-order valence-electron chi connectivity index (χ0n) is 13.9. The van der Waals surface area contributed by atoms with Crippen molar-refractivity contribution in [1.29, 1.82) is 0 Å². The molecule has 6 heteroatoms. The second-order valence-corrected chi connectivity index (χ2v) is 6.57. The number of ether oxygens (including phenoxy) is 1. The summed E-state index contributed by atoms with van der Waals surface area (Å²) in [6, 6.07) is 8.34. The number of hydrogen-bond acceptors (Lipinski definition) is 5. The highest BCUT2D eigenvalue weighted by atomic mass is 35.5. The molecule has 1 saturated heterocycles. The first-order valence-electron chi connectivity index (χ1n) is 8.29. The quantitative estimate of drug-likeness (QED) is 0.868. The molecule has 1 aliphatic rings. The molecule has 128 valence electrons. The summed E-state index contributed by atoms with van der Waals surface area (Å²) in [7, 11) is 1.70. The summed E-state index contributed by atoms with van der Waals surface area (Å²) in [5, 5.41) is 3.92. The van der Waals surface area contributed by atoms with Crippen molar-refractivity contribution in [2.45, 2.75) is 19.4 Å². The molecule has 2 heterocycles. The average Bonchev–Trinajstić information content (AvgIpc) is 2.63. The highest BCUT2D eigenvalue weighted by Crippen LogP contribution is 2.22. The van der Waals surface area contributed by atoms with Crippen molar-refractivity contribution in [3.63, 3.8) is 0 Å². The van der Waals surface area contributed by atoms with Gasteiger partial charge in [-0.3, -0.25) is 4.90 Å². The number of piperidine rings is 1. The predicted molar refractivity (Wildman–Crippen MR) is 96.5 cm³/mol. The molecule has 0 aliphatic carbocycles. The lowest BCUT2D eigenvalue weighted by Gasteiger charge is -2.32. The normalized spacial score (nSPS) is 16.1. The van der Waals surface area contributed by atoms with E-state index in [4.69, 9.17) is 16.3 Å². The van der Waals surface area contributed by atoms with Crippen LogP contribution >= 0.6 is 11.6 Å². The van der Waals surface area contributed by atoms with Gasteiger partial charge < -0.3 is 10.1 Å². The minimum absolute atomic E-state index is 0.578. The maximum Gasteiger partial charge on any atom is 0.148 e. The van der Waals surface area contributed by atoms with E-state index in [0.29, 0.717) is 10.9 Å². The molecule has 2 aromatic rings. The van der Waals surface area contributed by atoms with Crippen LogP contribution in [0.5, 0.6) is 5.75 Å². The van der Waals surface area contributed by atoms with Gasteiger partial charge in [0.2, 0.25) is 0 Å². The Morgan fingerprint density at radius 3 is 2.67 bits per heavy atom. The van der Waals surface area contributed by atoms with Crippen molar-refractivity contribution in [2.75, 3.05) is 32.1 Å². The van der Waals surface area contributed by atoms with Gasteiger partial charge in [0, 0.05) is 13.1 Å². The lowest BCUT2D eigenvalue weighted by atomic mass is 9.96. The molecule has 0 radical (unpaired) electrons. The third kappa shape index (κ3) is 4.58. The number of hydrogen-bond donors (Lipinski definition) is 1. The molecule has 3 rings (SSSR count). The van der Waals surface area contributed by atoms with E-state index >= 15 is 0 Å². The van der Waals surface area contributed by atoms with E-state index in [1.54, 1.807) is 13.3 Å². The van der Waals surface area contributed by atoms with Gasteiger partial charge in [0.15, 0.2) is 0 Å². The molecular formula is C18H23ClN4O. The third-order valence-electron chi connectivity index (χ3n) is 4.50. The van der Waals surface area contributed by atoms with Crippen molar-refractivity contribution in [2.24, 2.45) is 5.92 Å². The van der Waals surface area contributed by atoms with E-state index in [-0.39, 0.29) is 0 Å². The summed E-state index contributed by atoms with van der Waals surface area (Å²) in [6.07, 6.45) is 5.51. The fourth-order valence-electron chi connectivity index (χ4n) is 3.02. The second-order valence-electron chi connectivity index (χ2n) is 6.17. The Kier molecular flexibility index (Phi) is 5.88. The van der Waals surface area contributed by atoms with Gasteiger partial charge in [-0.15, -0.1) is 0 Å². The Balaban J connectivity index is 1.43. The summed E-state index contributed by atoms with van der Waals surface area (Å²) >= 11 is 6.07. The zero-order valence-corrected chi connectivity index (χ0v) is 14.7. The summed E-state index contributed by atoms with van der Waals surface area (Å²) in [4.78, 5) is 10.6. The Morgan fingerprint density at radius 2 is 2.00 bits per heavy atom. The van der Waals surface area contributed by atoms with Crippen LogP contribution in [0.3, 0.4) is 0 Å². The number of benzene rings is 1. The molecule has 1 fully saturated rings. The predicted octanol–water partition coefficient (Wildman–Crippen LogP) is 3.46. The molecule has 1 aliphatic heterocycles. The number of nitrogens with one attached hydrogen (secondary N) is 1. The van der Waals surface area contributed by atoms with Gasteiger partial charge in [-0.05, 0) is 49.5 Å². The van der Waals surface area contributed by atoms with Gasteiger partial charge in [0.05, 0.1) is 13.3 Å². The van der Waals surface area contributed by atoms with Gasteiger partial charge in [-0.25, -0.2) is 9.97 Å². The summed E-state index contributed by atoms with van der Waals surface area (Å²) < 4.78 is 5.21. The molecule has 0 unspecified atom stereocenters. The van der Waals surface area contributed by atoms with Gasteiger partial charge in [-0.2, -0.15) is 0 Å². The first-order chi connectivity index (χ1) is 11.7. The fraction of sp³-hybridized carbons (Fsp3) is 0.444. The summed E-state index contributed by atoms with van der Waals surface area (Å²) in [5.74, 6) is 2.29. The molecule has 0 spiro atoms. The number of methoxy groups -OCH3 is 1. The number of nitrogens with zero attached hydrogens (tertiary/aromatic N) is 3. The summed E-state index contributed by atoms with van der Waals surface area (Å²) in [6.45, 7) is 4.15. The van der Waals surface area contributed by atoms with Crippen LogP contribution in [0, 0.1) is 5.92 Å². The Hall–Kier alpha value is -1.85. The molecule has 0 saturated carbocycles. The van der Waals surface area contributed by atoms with Gasteiger partial charge >= 0.3 is 0 Å². The van der Waals surface area contributed by atoms with Crippen molar-refractivity contribution in [3.8, 4) is 5.75 Å². The molecule has 0 bridgehead atoms. The lowest BCUT2D eigenvalue weighted by Crippen LogP contribution is -2.35. The van der Waals surface area contributed by atoms with Crippen LogP contribution in [0.15, 0.2) is 36.8 Å². The zero-order chi connectivity index (χ0) is 16.8. The van der Waals surface area contributed by atoms with E-state index in [1.807, 2.05) is 12.1 Å². The van der Waals surface area contributed by atoms with Gasteiger partial charge in [-0.1, -0.05) is 23.7 Å². The maximum atomic E-state index is 6.07. The van der Waals surface area contributed by atoms with Crippen LogP contribution in [0.1, 0.15) is 18.4 Å².